The number of fused-ring (bicyclic) bond motifs is 1. The third-order valence-electron chi connectivity index (χ3n) is 3.50. The highest BCUT2D eigenvalue weighted by atomic mass is 32.2. The zero-order valence-corrected chi connectivity index (χ0v) is 15.2. The Bertz CT molecular complexity index is 998. The molecule has 0 saturated heterocycles. The third-order valence-corrected chi connectivity index (χ3v) is 5.93. The van der Waals surface area contributed by atoms with E-state index < -0.39 is 10.0 Å². The molecule has 8 heteroatoms. The zero-order valence-electron chi connectivity index (χ0n) is 13.5. The van der Waals surface area contributed by atoms with Crippen LogP contribution in [0.5, 0.6) is 0 Å². The molecule has 1 aromatic heterocycles. The van der Waals surface area contributed by atoms with E-state index in [0.717, 1.165) is 5.56 Å². The van der Waals surface area contributed by atoms with Crippen LogP contribution < -0.4 is 10.0 Å². The molecule has 0 spiro atoms. The first kappa shape index (κ1) is 17.5. The SMILES string of the molecule is CC(=O)Nc1nc2c(S(=O)(=O)NCCc3ccccc3)cccc2s1. The van der Waals surface area contributed by atoms with Gasteiger partial charge in [-0.15, -0.1) is 0 Å². The summed E-state index contributed by atoms with van der Waals surface area (Å²) in [6.45, 7) is 1.68. The molecule has 1 heterocycles. The average molecular weight is 375 g/mol. The monoisotopic (exact) mass is 375 g/mol. The molecular weight excluding hydrogens is 358 g/mol. The Morgan fingerprint density at radius 3 is 2.60 bits per heavy atom. The van der Waals surface area contributed by atoms with Crippen LogP contribution in [0.3, 0.4) is 0 Å². The summed E-state index contributed by atoms with van der Waals surface area (Å²) in [6.07, 6.45) is 0.601. The minimum absolute atomic E-state index is 0.117. The van der Waals surface area contributed by atoms with Crippen LogP contribution in [0.4, 0.5) is 5.13 Å². The van der Waals surface area contributed by atoms with Crippen molar-refractivity contribution >= 4 is 42.6 Å². The van der Waals surface area contributed by atoms with E-state index in [9.17, 15) is 13.2 Å². The lowest BCUT2D eigenvalue weighted by atomic mass is 10.2. The molecule has 3 aromatic rings. The van der Waals surface area contributed by atoms with Crippen molar-refractivity contribution in [3.8, 4) is 0 Å². The number of hydrogen-bond donors (Lipinski definition) is 2. The summed E-state index contributed by atoms with van der Waals surface area (Å²) in [5, 5.41) is 2.97. The van der Waals surface area contributed by atoms with Gasteiger partial charge in [-0.2, -0.15) is 0 Å². The first-order valence-corrected chi connectivity index (χ1v) is 9.96. The van der Waals surface area contributed by atoms with E-state index >= 15 is 0 Å². The number of sulfonamides is 1. The van der Waals surface area contributed by atoms with Crippen molar-refractivity contribution in [3.63, 3.8) is 0 Å². The molecule has 0 radical (unpaired) electrons. The Morgan fingerprint density at radius 1 is 1.12 bits per heavy atom. The molecule has 2 aromatic carbocycles. The van der Waals surface area contributed by atoms with Crippen LogP contribution in [-0.2, 0) is 21.2 Å². The van der Waals surface area contributed by atoms with E-state index in [1.165, 1.54) is 24.3 Å². The Kier molecular flexibility index (Phi) is 5.12. The standard InChI is InChI=1S/C17H17N3O3S2/c1-12(21)19-17-20-16-14(24-17)8-5-9-15(16)25(22,23)18-11-10-13-6-3-2-4-7-13/h2-9,18H,10-11H2,1H3,(H,19,20,21). The van der Waals surface area contributed by atoms with Crippen molar-refractivity contribution in [2.75, 3.05) is 11.9 Å². The number of benzene rings is 2. The van der Waals surface area contributed by atoms with Crippen LogP contribution in [0.1, 0.15) is 12.5 Å². The van der Waals surface area contributed by atoms with Gasteiger partial charge in [-0.1, -0.05) is 47.7 Å². The molecule has 0 saturated carbocycles. The van der Waals surface area contributed by atoms with Crippen molar-refractivity contribution in [3.05, 3.63) is 54.1 Å². The first-order valence-electron chi connectivity index (χ1n) is 7.66. The minimum atomic E-state index is -3.69. The quantitative estimate of drug-likeness (QED) is 0.693. The van der Waals surface area contributed by atoms with Crippen LogP contribution in [0.2, 0.25) is 0 Å². The highest BCUT2D eigenvalue weighted by Gasteiger charge is 2.19. The molecule has 2 N–H and O–H groups in total. The van der Waals surface area contributed by atoms with Gasteiger partial charge in [-0.25, -0.2) is 18.1 Å². The lowest BCUT2D eigenvalue weighted by Gasteiger charge is -2.07. The maximum Gasteiger partial charge on any atom is 0.242 e. The van der Waals surface area contributed by atoms with E-state index in [1.54, 1.807) is 12.1 Å². The van der Waals surface area contributed by atoms with Gasteiger partial charge in [0.25, 0.3) is 0 Å². The van der Waals surface area contributed by atoms with Gasteiger partial charge in [-0.3, -0.25) is 4.79 Å². The molecule has 0 aliphatic heterocycles. The van der Waals surface area contributed by atoms with Crippen LogP contribution in [0.15, 0.2) is 53.4 Å². The minimum Gasteiger partial charge on any atom is -0.302 e. The summed E-state index contributed by atoms with van der Waals surface area (Å²) in [5.74, 6) is -0.246. The highest BCUT2D eigenvalue weighted by molar-refractivity contribution is 7.89. The lowest BCUT2D eigenvalue weighted by molar-refractivity contribution is -0.114. The predicted octanol–water partition coefficient (Wildman–Crippen LogP) is 2.78. The van der Waals surface area contributed by atoms with Crippen molar-refractivity contribution in [2.24, 2.45) is 0 Å². The number of para-hydroxylation sites is 1. The van der Waals surface area contributed by atoms with Gasteiger partial charge in [0.15, 0.2) is 5.13 Å². The smallest absolute Gasteiger partial charge is 0.242 e. The number of amides is 1. The van der Waals surface area contributed by atoms with E-state index in [2.05, 4.69) is 15.0 Å². The summed E-state index contributed by atoms with van der Waals surface area (Å²) in [7, 11) is -3.69. The summed E-state index contributed by atoms with van der Waals surface area (Å²) in [4.78, 5) is 15.5. The second kappa shape index (κ2) is 7.30. The molecule has 0 fully saturated rings. The van der Waals surface area contributed by atoms with Crippen LogP contribution in [0, 0.1) is 0 Å². The normalized spacial score (nSPS) is 11.6. The van der Waals surface area contributed by atoms with Crippen molar-refractivity contribution < 1.29 is 13.2 Å². The number of carbonyl (C=O) groups excluding carboxylic acids is 1. The van der Waals surface area contributed by atoms with Crippen LogP contribution in [-0.4, -0.2) is 25.9 Å². The summed E-state index contributed by atoms with van der Waals surface area (Å²) >= 11 is 1.24. The molecule has 6 nitrogen and oxygen atoms in total. The molecule has 1 amide bonds. The Hall–Kier alpha value is -2.29. The fraction of sp³-hybridized carbons (Fsp3) is 0.176. The third kappa shape index (κ3) is 4.22. The van der Waals surface area contributed by atoms with E-state index in [1.807, 2.05) is 30.3 Å². The largest absolute Gasteiger partial charge is 0.302 e. The van der Waals surface area contributed by atoms with E-state index in [4.69, 9.17) is 0 Å². The average Bonchev–Trinajstić information content (AvgIpc) is 2.96. The maximum atomic E-state index is 12.6. The van der Waals surface area contributed by atoms with Crippen molar-refractivity contribution in [2.45, 2.75) is 18.2 Å². The number of thiazole rings is 1. The van der Waals surface area contributed by atoms with Gasteiger partial charge in [0.1, 0.15) is 10.4 Å². The molecule has 3 rings (SSSR count). The topological polar surface area (TPSA) is 88.2 Å². The summed E-state index contributed by atoms with van der Waals surface area (Å²) < 4.78 is 28.6. The molecule has 0 atom stereocenters. The van der Waals surface area contributed by atoms with Gasteiger partial charge in [0.05, 0.1) is 4.70 Å². The number of nitrogens with one attached hydrogen (secondary N) is 2. The van der Waals surface area contributed by atoms with Gasteiger partial charge >= 0.3 is 0 Å². The lowest BCUT2D eigenvalue weighted by Crippen LogP contribution is -2.26. The summed E-state index contributed by atoms with van der Waals surface area (Å²) in [6, 6.07) is 14.6. The number of nitrogens with zero attached hydrogens (tertiary/aromatic N) is 1. The van der Waals surface area contributed by atoms with Crippen LogP contribution >= 0.6 is 11.3 Å². The fourth-order valence-electron chi connectivity index (χ4n) is 2.40. The molecule has 0 aliphatic rings. The van der Waals surface area contributed by atoms with Crippen molar-refractivity contribution in [1.29, 1.82) is 0 Å². The molecule has 25 heavy (non-hydrogen) atoms. The van der Waals surface area contributed by atoms with Gasteiger partial charge in [-0.05, 0) is 24.1 Å². The number of anilines is 1. The second-order valence-corrected chi connectivity index (χ2v) is 8.20. The Morgan fingerprint density at radius 2 is 1.88 bits per heavy atom. The molecular formula is C17H17N3O3S2. The molecule has 130 valence electrons. The fourth-order valence-corrected chi connectivity index (χ4v) is 4.59. The van der Waals surface area contributed by atoms with Gasteiger partial charge < -0.3 is 5.32 Å². The Labute approximate surface area is 150 Å². The first-order chi connectivity index (χ1) is 12.0. The van der Waals surface area contributed by atoms with Crippen LogP contribution in [0.25, 0.3) is 10.2 Å². The van der Waals surface area contributed by atoms with Crippen molar-refractivity contribution in [1.82, 2.24) is 9.71 Å². The number of aromatic nitrogens is 1. The molecule has 0 aliphatic carbocycles. The van der Waals surface area contributed by atoms with E-state index in [0.29, 0.717) is 28.3 Å². The second-order valence-electron chi connectivity index (χ2n) is 5.44. The predicted molar refractivity (Wildman–Crippen MR) is 99.3 cm³/mol. The zero-order chi connectivity index (χ0) is 17.9. The highest BCUT2D eigenvalue weighted by Crippen LogP contribution is 2.30. The van der Waals surface area contributed by atoms with Gasteiger partial charge in [0, 0.05) is 13.5 Å². The Balaban J connectivity index is 1.81. The number of carbonyl (C=O) groups is 1. The summed E-state index contributed by atoms with van der Waals surface area (Å²) in [5.41, 5.74) is 1.42. The van der Waals surface area contributed by atoms with E-state index in [-0.39, 0.29) is 10.8 Å². The molecule has 0 unspecified atom stereocenters. The number of hydrogen-bond acceptors (Lipinski definition) is 5. The maximum absolute atomic E-state index is 12.6. The number of rotatable bonds is 6. The van der Waals surface area contributed by atoms with Gasteiger partial charge in [0.2, 0.25) is 15.9 Å². The molecule has 0 bridgehead atoms.